The van der Waals surface area contributed by atoms with Gasteiger partial charge in [0.1, 0.15) is 22.3 Å². The van der Waals surface area contributed by atoms with Crippen molar-refractivity contribution in [2.75, 3.05) is 13.7 Å². The Morgan fingerprint density at radius 3 is 2.31 bits per heavy atom. The maximum Gasteiger partial charge on any atom is 0.260 e. The number of benzene rings is 3. The number of hydrogen-bond donors (Lipinski definition) is 0. The van der Waals surface area contributed by atoms with Crippen LogP contribution in [0.25, 0.3) is 10.2 Å². The van der Waals surface area contributed by atoms with Crippen molar-refractivity contribution in [3.05, 3.63) is 83.9 Å². The van der Waals surface area contributed by atoms with Gasteiger partial charge >= 0.3 is 0 Å². The van der Waals surface area contributed by atoms with E-state index in [1.807, 2.05) is 66.7 Å². The number of hydrogen-bond acceptors (Lipinski definition) is 5. The van der Waals surface area contributed by atoms with Gasteiger partial charge in [0.15, 0.2) is 6.61 Å². The number of ether oxygens (including phenoxy) is 2. The lowest BCUT2D eigenvalue weighted by Crippen LogP contribution is -2.30. The van der Waals surface area contributed by atoms with Gasteiger partial charge < -0.3 is 14.4 Å². The molecular formula is C23H20N2O3S. The number of carbonyl (C=O) groups is 1. The van der Waals surface area contributed by atoms with Gasteiger partial charge in [0.05, 0.1) is 16.8 Å². The van der Waals surface area contributed by atoms with Crippen LogP contribution in [0.4, 0.5) is 0 Å². The molecule has 0 saturated heterocycles. The van der Waals surface area contributed by atoms with Crippen LogP contribution < -0.4 is 9.47 Å². The summed E-state index contributed by atoms with van der Waals surface area (Å²) in [6, 6.07) is 24.7. The van der Waals surface area contributed by atoms with Crippen molar-refractivity contribution in [3.63, 3.8) is 0 Å². The van der Waals surface area contributed by atoms with E-state index >= 15 is 0 Å². The highest BCUT2D eigenvalue weighted by molar-refractivity contribution is 7.18. The quantitative estimate of drug-likeness (QED) is 0.429. The molecule has 146 valence electrons. The normalized spacial score (nSPS) is 10.7. The predicted molar refractivity (Wildman–Crippen MR) is 115 cm³/mol. The summed E-state index contributed by atoms with van der Waals surface area (Å²) in [6.07, 6.45) is 0. The van der Waals surface area contributed by atoms with Crippen LogP contribution in [0.15, 0.2) is 78.9 Å². The third kappa shape index (κ3) is 4.92. The lowest BCUT2D eigenvalue weighted by Gasteiger charge is -2.16. The SMILES string of the molecule is CN(Cc1nc2ccccc2s1)C(=O)COc1ccc(Oc2ccccc2)cc1. The van der Waals surface area contributed by atoms with Gasteiger partial charge in [0.25, 0.3) is 5.91 Å². The number of para-hydroxylation sites is 2. The molecule has 29 heavy (non-hydrogen) atoms. The molecule has 0 bridgehead atoms. The summed E-state index contributed by atoms with van der Waals surface area (Å²) in [5, 5.41) is 0.907. The van der Waals surface area contributed by atoms with E-state index in [-0.39, 0.29) is 12.5 Å². The molecule has 4 rings (SSSR count). The minimum atomic E-state index is -0.103. The molecule has 0 aliphatic carbocycles. The molecule has 4 aromatic rings. The van der Waals surface area contributed by atoms with Gasteiger partial charge in [-0.3, -0.25) is 4.79 Å². The van der Waals surface area contributed by atoms with Gasteiger partial charge in [-0.1, -0.05) is 30.3 Å². The summed E-state index contributed by atoms with van der Waals surface area (Å²) in [4.78, 5) is 18.6. The van der Waals surface area contributed by atoms with Gasteiger partial charge in [0, 0.05) is 7.05 Å². The number of aromatic nitrogens is 1. The molecule has 0 spiro atoms. The Hall–Kier alpha value is -3.38. The highest BCUT2D eigenvalue weighted by Crippen LogP contribution is 2.24. The largest absolute Gasteiger partial charge is 0.484 e. The van der Waals surface area contributed by atoms with E-state index in [0.717, 1.165) is 21.0 Å². The van der Waals surface area contributed by atoms with Crippen LogP contribution >= 0.6 is 11.3 Å². The minimum absolute atomic E-state index is 0.0275. The molecule has 6 heteroatoms. The van der Waals surface area contributed by atoms with Crippen LogP contribution in [-0.4, -0.2) is 29.4 Å². The highest BCUT2D eigenvalue weighted by Gasteiger charge is 2.13. The fourth-order valence-corrected chi connectivity index (χ4v) is 3.78. The molecule has 0 unspecified atom stereocenters. The Balaban J connectivity index is 1.29. The molecule has 0 aliphatic heterocycles. The summed E-state index contributed by atoms with van der Waals surface area (Å²) in [6.45, 7) is 0.436. The summed E-state index contributed by atoms with van der Waals surface area (Å²) < 4.78 is 12.5. The average Bonchev–Trinajstić information content (AvgIpc) is 3.16. The highest BCUT2D eigenvalue weighted by atomic mass is 32.1. The second-order valence-corrected chi connectivity index (χ2v) is 7.62. The molecule has 0 saturated carbocycles. The van der Waals surface area contributed by atoms with Crippen molar-refractivity contribution in [2.24, 2.45) is 0 Å². The topological polar surface area (TPSA) is 51.7 Å². The number of fused-ring (bicyclic) bond motifs is 1. The van der Waals surface area contributed by atoms with Crippen LogP contribution in [0.1, 0.15) is 5.01 Å². The second-order valence-electron chi connectivity index (χ2n) is 6.50. The van der Waals surface area contributed by atoms with Crippen molar-refractivity contribution in [2.45, 2.75) is 6.54 Å². The van der Waals surface area contributed by atoms with Crippen LogP contribution in [-0.2, 0) is 11.3 Å². The Bertz CT molecular complexity index is 1060. The molecule has 1 amide bonds. The van der Waals surface area contributed by atoms with E-state index in [0.29, 0.717) is 18.0 Å². The summed E-state index contributed by atoms with van der Waals surface area (Å²) in [5.74, 6) is 2.00. The summed E-state index contributed by atoms with van der Waals surface area (Å²) in [7, 11) is 1.76. The smallest absolute Gasteiger partial charge is 0.260 e. The van der Waals surface area contributed by atoms with E-state index in [9.17, 15) is 4.79 Å². The van der Waals surface area contributed by atoms with Crippen molar-refractivity contribution < 1.29 is 14.3 Å². The van der Waals surface area contributed by atoms with Gasteiger partial charge in [0.2, 0.25) is 0 Å². The van der Waals surface area contributed by atoms with Crippen LogP contribution in [0, 0.1) is 0 Å². The Kier molecular flexibility index (Phi) is 5.72. The number of amides is 1. The molecule has 1 heterocycles. The molecule has 0 aliphatic rings. The Morgan fingerprint density at radius 1 is 0.897 bits per heavy atom. The first kappa shape index (κ1) is 19.0. The van der Waals surface area contributed by atoms with Crippen LogP contribution in [0.3, 0.4) is 0 Å². The minimum Gasteiger partial charge on any atom is -0.484 e. The van der Waals surface area contributed by atoms with E-state index in [1.54, 1.807) is 35.4 Å². The average molecular weight is 404 g/mol. The van der Waals surface area contributed by atoms with E-state index in [1.165, 1.54) is 0 Å². The standard InChI is InChI=1S/C23H20N2O3S/c1-25(15-22-24-20-9-5-6-10-21(20)29-22)23(26)16-27-17-11-13-19(14-12-17)28-18-7-3-2-4-8-18/h2-14H,15-16H2,1H3. The third-order valence-electron chi connectivity index (χ3n) is 4.30. The van der Waals surface area contributed by atoms with E-state index < -0.39 is 0 Å². The number of rotatable bonds is 7. The number of likely N-dealkylation sites (N-methyl/N-ethyl adjacent to an activating group) is 1. The van der Waals surface area contributed by atoms with Gasteiger partial charge in [-0.25, -0.2) is 4.98 Å². The number of nitrogens with zero attached hydrogens (tertiary/aromatic N) is 2. The van der Waals surface area contributed by atoms with E-state index in [2.05, 4.69) is 4.98 Å². The zero-order valence-electron chi connectivity index (χ0n) is 15.9. The van der Waals surface area contributed by atoms with Crippen LogP contribution in [0.2, 0.25) is 0 Å². The van der Waals surface area contributed by atoms with Gasteiger partial charge in [-0.05, 0) is 48.5 Å². The molecule has 1 aromatic heterocycles. The van der Waals surface area contributed by atoms with Crippen LogP contribution in [0.5, 0.6) is 17.2 Å². The number of carbonyl (C=O) groups excluding carboxylic acids is 1. The fourth-order valence-electron chi connectivity index (χ4n) is 2.76. The lowest BCUT2D eigenvalue weighted by molar-refractivity contribution is -0.132. The molecule has 5 nitrogen and oxygen atoms in total. The third-order valence-corrected chi connectivity index (χ3v) is 5.32. The van der Waals surface area contributed by atoms with Gasteiger partial charge in [-0.2, -0.15) is 0 Å². The molecular weight excluding hydrogens is 384 g/mol. The Morgan fingerprint density at radius 2 is 1.55 bits per heavy atom. The molecule has 0 fully saturated rings. The molecule has 0 atom stereocenters. The molecule has 0 N–H and O–H groups in total. The summed E-state index contributed by atoms with van der Waals surface area (Å²) in [5.41, 5.74) is 0.961. The van der Waals surface area contributed by atoms with Crippen molar-refractivity contribution in [1.29, 1.82) is 0 Å². The van der Waals surface area contributed by atoms with Crippen molar-refractivity contribution in [3.8, 4) is 17.2 Å². The number of thiazole rings is 1. The van der Waals surface area contributed by atoms with Crippen molar-refractivity contribution in [1.82, 2.24) is 9.88 Å². The first-order chi connectivity index (χ1) is 14.2. The lowest BCUT2D eigenvalue weighted by atomic mass is 10.3. The monoisotopic (exact) mass is 404 g/mol. The fraction of sp³-hybridized carbons (Fsp3) is 0.130. The van der Waals surface area contributed by atoms with E-state index in [4.69, 9.17) is 9.47 Å². The predicted octanol–water partition coefficient (Wildman–Crippen LogP) is 5.13. The maximum absolute atomic E-state index is 12.4. The first-order valence-corrected chi connectivity index (χ1v) is 10.0. The zero-order valence-corrected chi connectivity index (χ0v) is 16.8. The van der Waals surface area contributed by atoms with Crippen molar-refractivity contribution >= 4 is 27.5 Å². The van der Waals surface area contributed by atoms with Gasteiger partial charge in [-0.15, -0.1) is 11.3 Å². The Labute approximate surface area is 173 Å². The second kappa shape index (κ2) is 8.75. The molecule has 0 radical (unpaired) electrons. The zero-order chi connectivity index (χ0) is 20.1. The summed E-state index contributed by atoms with van der Waals surface area (Å²) >= 11 is 1.60. The first-order valence-electron chi connectivity index (χ1n) is 9.21. The molecule has 3 aromatic carbocycles. The maximum atomic E-state index is 12.4.